The number of nitrogens with zero attached hydrogens (tertiary/aromatic N) is 2. The predicted molar refractivity (Wildman–Crippen MR) is 94.7 cm³/mol. The maximum absolute atomic E-state index is 13.6. The molecule has 0 bridgehead atoms. The van der Waals surface area contributed by atoms with Gasteiger partial charge in [-0.2, -0.15) is 0 Å². The molecular weight excluding hydrogens is 341 g/mol. The van der Waals surface area contributed by atoms with Gasteiger partial charge in [0.05, 0.1) is 6.42 Å². The van der Waals surface area contributed by atoms with Crippen molar-refractivity contribution >= 4 is 17.5 Å². The summed E-state index contributed by atoms with van der Waals surface area (Å²) in [5.74, 6) is 0.0422. The van der Waals surface area contributed by atoms with E-state index in [0.717, 1.165) is 5.56 Å². The maximum Gasteiger partial charge on any atom is 0.225 e. The highest BCUT2D eigenvalue weighted by Crippen LogP contribution is 2.22. The third-order valence-electron chi connectivity index (χ3n) is 3.91. The van der Waals surface area contributed by atoms with Crippen LogP contribution in [0.1, 0.15) is 23.0 Å². The average Bonchev–Trinajstić information content (AvgIpc) is 3.00. The number of aromatic nitrogens is 2. The largest absolute Gasteiger partial charge is 0.342 e. The molecule has 1 atom stereocenters. The van der Waals surface area contributed by atoms with Crippen molar-refractivity contribution in [2.45, 2.75) is 12.5 Å². The fourth-order valence-electron chi connectivity index (χ4n) is 2.67. The van der Waals surface area contributed by atoms with Crippen LogP contribution in [0.25, 0.3) is 0 Å². The van der Waals surface area contributed by atoms with Crippen molar-refractivity contribution < 1.29 is 9.18 Å². The molecule has 3 rings (SSSR count). The number of hydrogen-bond donors (Lipinski definition) is 1. The van der Waals surface area contributed by atoms with E-state index in [1.54, 1.807) is 41.2 Å². The minimum Gasteiger partial charge on any atom is -0.342 e. The zero-order chi connectivity index (χ0) is 17.8. The van der Waals surface area contributed by atoms with Crippen molar-refractivity contribution in [1.82, 2.24) is 14.9 Å². The highest BCUT2D eigenvalue weighted by molar-refractivity contribution is 6.31. The number of nitrogens with one attached hydrogen (secondary N) is 1. The Bertz CT molecular complexity index is 894. The summed E-state index contributed by atoms with van der Waals surface area (Å²) >= 11 is 6.12. The van der Waals surface area contributed by atoms with Gasteiger partial charge in [0.25, 0.3) is 0 Å². The third-order valence-corrected chi connectivity index (χ3v) is 4.28. The van der Waals surface area contributed by atoms with Crippen molar-refractivity contribution in [2.75, 3.05) is 0 Å². The minimum atomic E-state index is -0.550. The van der Waals surface area contributed by atoms with Crippen molar-refractivity contribution in [1.29, 1.82) is 0 Å². The normalized spacial score (nSPS) is 12.0. The van der Waals surface area contributed by atoms with Gasteiger partial charge in [0, 0.05) is 24.5 Å². The van der Waals surface area contributed by atoms with Gasteiger partial charge in [0.15, 0.2) is 0 Å². The van der Waals surface area contributed by atoms with Crippen LogP contribution in [0.4, 0.5) is 4.39 Å². The summed E-state index contributed by atoms with van der Waals surface area (Å²) in [4.78, 5) is 16.8. The lowest BCUT2D eigenvalue weighted by Crippen LogP contribution is -2.32. The number of rotatable bonds is 5. The first-order chi connectivity index (χ1) is 12.0. The molecule has 1 unspecified atom stereocenters. The quantitative estimate of drug-likeness (QED) is 0.757. The van der Waals surface area contributed by atoms with E-state index in [4.69, 9.17) is 11.6 Å². The molecule has 0 saturated heterocycles. The van der Waals surface area contributed by atoms with Crippen LogP contribution in [0, 0.1) is 5.82 Å². The van der Waals surface area contributed by atoms with E-state index in [1.807, 2.05) is 19.2 Å². The fraction of sp³-hybridized carbons (Fsp3) is 0.158. The van der Waals surface area contributed by atoms with E-state index < -0.39 is 6.04 Å². The number of benzene rings is 2. The number of hydrogen-bond acceptors (Lipinski definition) is 2. The summed E-state index contributed by atoms with van der Waals surface area (Å²) in [6.07, 6.45) is 3.56. The Morgan fingerprint density at radius 3 is 2.76 bits per heavy atom. The third kappa shape index (κ3) is 4.06. The van der Waals surface area contributed by atoms with Crippen LogP contribution < -0.4 is 5.32 Å². The first-order valence-electron chi connectivity index (χ1n) is 7.80. The van der Waals surface area contributed by atoms with Crippen LogP contribution in [0.5, 0.6) is 0 Å². The summed E-state index contributed by atoms with van der Waals surface area (Å²) in [6, 6.07) is 12.8. The zero-order valence-corrected chi connectivity index (χ0v) is 14.4. The molecule has 1 N–H and O–H groups in total. The van der Waals surface area contributed by atoms with Crippen LogP contribution in [-0.2, 0) is 18.3 Å². The smallest absolute Gasteiger partial charge is 0.225 e. The number of aryl methyl sites for hydroxylation is 1. The topological polar surface area (TPSA) is 46.9 Å². The lowest BCUT2D eigenvalue weighted by molar-refractivity contribution is -0.121. The summed E-state index contributed by atoms with van der Waals surface area (Å²) in [6.45, 7) is 0. The summed E-state index contributed by atoms with van der Waals surface area (Å²) in [5.41, 5.74) is 1.36. The molecule has 1 amide bonds. The molecule has 0 aliphatic heterocycles. The second-order valence-corrected chi connectivity index (χ2v) is 6.13. The number of imidazole rings is 1. The molecule has 0 saturated carbocycles. The van der Waals surface area contributed by atoms with E-state index in [0.29, 0.717) is 16.4 Å². The van der Waals surface area contributed by atoms with Gasteiger partial charge in [-0.3, -0.25) is 4.79 Å². The van der Waals surface area contributed by atoms with Gasteiger partial charge in [-0.25, -0.2) is 9.37 Å². The van der Waals surface area contributed by atoms with E-state index >= 15 is 0 Å². The van der Waals surface area contributed by atoms with Crippen LogP contribution in [0.3, 0.4) is 0 Å². The maximum atomic E-state index is 13.6. The Morgan fingerprint density at radius 2 is 2.08 bits per heavy atom. The lowest BCUT2D eigenvalue weighted by Gasteiger charge is -2.19. The first-order valence-corrected chi connectivity index (χ1v) is 8.18. The minimum absolute atomic E-state index is 0.135. The van der Waals surface area contributed by atoms with Gasteiger partial charge in [-0.15, -0.1) is 0 Å². The number of halogens is 2. The highest BCUT2D eigenvalue weighted by Gasteiger charge is 2.21. The molecule has 0 radical (unpaired) electrons. The lowest BCUT2D eigenvalue weighted by atomic mass is 10.0. The molecule has 3 aromatic rings. The molecule has 1 heterocycles. The molecule has 4 nitrogen and oxygen atoms in total. The molecular formula is C19H17ClFN3O. The van der Waals surface area contributed by atoms with Gasteiger partial charge in [0.2, 0.25) is 5.91 Å². The second kappa shape index (κ2) is 7.49. The summed E-state index contributed by atoms with van der Waals surface area (Å²) in [7, 11) is 1.83. The standard InChI is InChI=1S/C19H17ClFN3O/c1-24-10-9-22-19(24)18(14-6-4-7-15(21)11-14)23-17(25)12-13-5-2-3-8-16(13)20/h2-11,18H,12H2,1H3,(H,23,25). The Hall–Kier alpha value is -2.66. The number of amides is 1. The molecule has 2 aromatic carbocycles. The molecule has 0 spiro atoms. The van der Waals surface area contributed by atoms with Crippen LogP contribution >= 0.6 is 11.6 Å². The van der Waals surface area contributed by atoms with Gasteiger partial charge in [-0.1, -0.05) is 41.9 Å². The Kier molecular flexibility index (Phi) is 5.14. The van der Waals surface area contributed by atoms with E-state index in [1.165, 1.54) is 12.1 Å². The molecule has 0 aliphatic carbocycles. The van der Waals surface area contributed by atoms with Crippen molar-refractivity contribution in [3.05, 3.63) is 88.7 Å². The van der Waals surface area contributed by atoms with E-state index in [-0.39, 0.29) is 18.1 Å². The van der Waals surface area contributed by atoms with Gasteiger partial charge >= 0.3 is 0 Å². The first kappa shape index (κ1) is 17.2. The van der Waals surface area contributed by atoms with Crippen LogP contribution in [0.15, 0.2) is 60.9 Å². The molecule has 1 aromatic heterocycles. The van der Waals surface area contributed by atoms with E-state index in [9.17, 15) is 9.18 Å². The average molecular weight is 358 g/mol. The number of carbonyl (C=O) groups is 1. The number of carbonyl (C=O) groups excluding carboxylic acids is 1. The van der Waals surface area contributed by atoms with Gasteiger partial charge < -0.3 is 9.88 Å². The fourth-order valence-corrected chi connectivity index (χ4v) is 2.87. The summed E-state index contributed by atoms with van der Waals surface area (Å²) in [5, 5.41) is 3.47. The Labute approximate surface area is 150 Å². The second-order valence-electron chi connectivity index (χ2n) is 5.72. The Morgan fingerprint density at radius 1 is 1.28 bits per heavy atom. The monoisotopic (exact) mass is 357 g/mol. The van der Waals surface area contributed by atoms with Gasteiger partial charge in [0.1, 0.15) is 17.7 Å². The molecule has 25 heavy (non-hydrogen) atoms. The molecule has 6 heteroatoms. The molecule has 128 valence electrons. The van der Waals surface area contributed by atoms with Crippen LogP contribution in [0.2, 0.25) is 5.02 Å². The van der Waals surface area contributed by atoms with Gasteiger partial charge in [-0.05, 0) is 29.3 Å². The van der Waals surface area contributed by atoms with Crippen molar-refractivity contribution in [3.8, 4) is 0 Å². The Balaban J connectivity index is 1.87. The van der Waals surface area contributed by atoms with Crippen molar-refractivity contribution in [3.63, 3.8) is 0 Å². The zero-order valence-electron chi connectivity index (χ0n) is 13.6. The SMILES string of the molecule is Cn1ccnc1C(NC(=O)Cc1ccccc1Cl)c1cccc(F)c1. The molecule has 0 aliphatic rings. The summed E-state index contributed by atoms with van der Waals surface area (Å²) < 4.78 is 15.4. The van der Waals surface area contributed by atoms with Crippen LogP contribution in [-0.4, -0.2) is 15.5 Å². The highest BCUT2D eigenvalue weighted by atomic mass is 35.5. The molecule has 0 fully saturated rings. The van der Waals surface area contributed by atoms with E-state index in [2.05, 4.69) is 10.3 Å². The van der Waals surface area contributed by atoms with Crippen molar-refractivity contribution in [2.24, 2.45) is 7.05 Å². The predicted octanol–water partition coefficient (Wildman–Crippen LogP) is 3.66.